The van der Waals surface area contributed by atoms with Crippen LogP contribution in [0.25, 0.3) is 0 Å². The number of nitrogens with zero attached hydrogens (tertiary/aromatic N) is 1. The van der Waals surface area contributed by atoms with E-state index < -0.39 is 5.97 Å². The second kappa shape index (κ2) is 11.4. The molecule has 2 bridgehead atoms. The van der Waals surface area contributed by atoms with Crippen molar-refractivity contribution in [1.82, 2.24) is 10.2 Å². The van der Waals surface area contributed by atoms with E-state index in [1.54, 1.807) is 19.2 Å². The highest BCUT2D eigenvalue weighted by Gasteiger charge is 2.67. The predicted molar refractivity (Wildman–Crippen MR) is 158 cm³/mol. The number of nitrogens with one attached hydrogen (secondary N) is 1. The Labute approximate surface area is 253 Å². The second-order valence-corrected chi connectivity index (χ2v) is 12.9. The summed E-state index contributed by atoms with van der Waals surface area (Å²) in [6.07, 6.45) is 5.77. The molecular formula is C34H42N2O7. The Hall–Kier alpha value is -3.14. The molecule has 5 aliphatic rings. The minimum absolute atomic E-state index is 0.0520. The third kappa shape index (κ3) is 4.89. The van der Waals surface area contributed by atoms with Crippen LogP contribution >= 0.6 is 0 Å². The van der Waals surface area contributed by atoms with Gasteiger partial charge in [0, 0.05) is 42.2 Å². The Morgan fingerprint density at radius 2 is 1.91 bits per heavy atom. The molecule has 2 aliphatic heterocycles. The number of carbonyl (C=O) groups is 2. The van der Waals surface area contributed by atoms with Crippen LogP contribution in [0, 0.1) is 17.8 Å². The molecule has 7 rings (SSSR count). The van der Waals surface area contributed by atoms with Crippen LogP contribution in [0.1, 0.15) is 52.7 Å². The van der Waals surface area contributed by atoms with Crippen molar-refractivity contribution in [2.45, 2.75) is 62.4 Å². The minimum atomic E-state index is -0.486. The molecule has 6 unspecified atom stereocenters. The summed E-state index contributed by atoms with van der Waals surface area (Å²) in [5, 5.41) is 2.56. The number of ether oxygens (including phenoxy) is 5. The van der Waals surface area contributed by atoms with Crippen molar-refractivity contribution in [2.24, 2.45) is 17.8 Å². The molecule has 1 saturated heterocycles. The Balaban J connectivity index is 1.08. The molecule has 6 atom stereocenters. The zero-order valence-electron chi connectivity index (χ0n) is 25.3. The Morgan fingerprint density at radius 3 is 2.63 bits per heavy atom. The zero-order valence-corrected chi connectivity index (χ0v) is 25.3. The lowest BCUT2D eigenvalue weighted by Crippen LogP contribution is -2.69. The van der Waals surface area contributed by atoms with Gasteiger partial charge in [-0.15, -0.1) is 0 Å². The number of hydrogen-bond donors (Lipinski definition) is 1. The van der Waals surface area contributed by atoms with Gasteiger partial charge in [0.1, 0.15) is 12.6 Å². The normalized spacial score (nSPS) is 30.3. The van der Waals surface area contributed by atoms with Gasteiger partial charge in [0.15, 0.2) is 11.5 Å². The first-order chi connectivity index (χ1) is 21.0. The van der Waals surface area contributed by atoms with Gasteiger partial charge in [-0.25, -0.2) is 0 Å². The fourth-order valence-corrected chi connectivity index (χ4v) is 8.55. The van der Waals surface area contributed by atoms with Crippen molar-refractivity contribution in [3.8, 4) is 11.5 Å². The highest BCUT2D eigenvalue weighted by atomic mass is 16.6. The molecule has 2 aromatic carbocycles. The van der Waals surface area contributed by atoms with Crippen molar-refractivity contribution < 1.29 is 33.3 Å². The smallest absolute Gasteiger partial charge is 0.325 e. The second-order valence-electron chi connectivity index (χ2n) is 12.9. The molecule has 9 nitrogen and oxygen atoms in total. The summed E-state index contributed by atoms with van der Waals surface area (Å²) in [5.74, 6) is 2.49. The summed E-state index contributed by atoms with van der Waals surface area (Å²) < 4.78 is 29.9. The number of methoxy groups -OCH3 is 3. The van der Waals surface area contributed by atoms with Gasteiger partial charge in [-0.2, -0.15) is 0 Å². The van der Waals surface area contributed by atoms with E-state index in [0.29, 0.717) is 30.7 Å². The van der Waals surface area contributed by atoms with E-state index in [1.807, 2.05) is 19.2 Å². The average molecular weight is 591 g/mol. The maximum atomic E-state index is 12.3. The first-order valence-electron chi connectivity index (χ1n) is 15.6. The van der Waals surface area contributed by atoms with Gasteiger partial charge in [-0.3, -0.25) is 14.5 Å². The zero-order chi connectivity index (χ0) is 29.7. The van der Waals surface area contributed by atoms with Gasteiger partial charge >= 0.3 is 5.97 Å². The maximum Gasteiger partial charge on any atom is 0.325 e. The lowest BCUT2D eigenvalue weighted by atomic mass is 9.49. The molecule has 0 aromatic heterocycles. The minimum Gasteiger partial charge on any atom is -0.493 e. The Kier molecular flexibility index (Phi) is 7.60. The van der Waals surface area contributed by atoms with Crippen LogP contribution < -0.4 is 14.8 Å². The number of esters is 1. The molecule has 1 amide bonds. The van der Waals surface area contributed by atoms with Crippen molar-refractivity contribution in [3.63, 3.8) is 0 Å². The third-order valence-corrected chi connectivity index (χ3v) is 10.7. The highest BCUT2D eigenvalue weighted by Crippen LogP contribution is 2.65. The third-order valence-electron chi connectivity index (χ3n) is 10.7. The predicted octanol–water partition coefficient (Wildman–Crippen LogP) is 3.51. The first kappa shape index (κ1) is 28.6. The van der Waals surface area contributed by atoms with E-state index in [9.17, 15) is 9.59 Å². The summed E-state index contributed by atoms with van der Waals surface area (Å²) in [7, 11) is 4.83. The molecule has 9 heteroatoms. The molecular weight excluding hydrogens is 548 g/mol. The van der Waals surface area contributed by atoms with Crippen LogP contribution in [0.5, 0.6) is 11.5 Å². The molecule has 1 spiro atoms. The first-order valence-corrected chi connectivity index (χ1v) is 15.6. The van der Waals surface area contributed by atoms with E-state index in [1.165, 1.54) is 37.6 Å². The SMILES string of the molecule is COC(=O)CNC(=O)c1ccc(COCC2CC3C4Cc5ccc(OC)c6c5C3(CCN4CC3CC3)C(O6)C2OC)cc1. The molecule has 3 aliphatic carbocycles. The molecule has 2 aromatic rings. The van der Waals surface area contributed by atoms with E-state index in [2.05, 4.69) is 27.1 Å². The fourth-order valence-electron chi connectivity index (χ4n) is 8.55. The molecule has 230 valence electrons. The standard InChI is InChI=1S/C34H42N2O7/c1-39-27-11-10-23-15-26-25-14-24(19-42-18-21-6-8-22(9-7-21)33(38)35-16-28(37)40-2)30(41-3)32-34(25,29(23)31(27)43-32)12-13-36(26)17-20-4-5-20/h6-11,20,24-26,30,32H,4-5,12-19H2,1-3H3,(H,35,38). The van der Waals surface area contributed by atoms with E-state index in [4.69, 9.17) is 18.9 Å². The molecule has 3 fully saturated rings. The van der Waals surface area contributed by atoms with Gasteiger partial charge in [-0.05, 0) is 79.8 Å². The van der Waals surface area contributed by atoms with Crippen LogP contribution in [-0.2, 0) is 37.4 Å². The Morgan fingerprint density at radius 1 is 1.09 bits per heavy atom. The Bertz CT molecular complexity index is 1380. The van der Waals surface area contributed by atoms with Gasteiger partial charge in [0.25, 0.3) is 5.91 Å². The largest absolute Gasteiger partial charge is 0.493 e. The van der Waals surface area contributed by atoms with Gasteiger partial charge in [0.05, 0.1) is 33.5 Å². The van der Waals surface area contributed by atoms with Crippen molar-refractivity contribution in [1.29, 1.82) is 0 Å². The van der Waals surface area contributed by atoms with Gasteiger partial charge < -0.3 is 29.0 Å². The van der Waals surface area contributed by atoms with E-state index in [0.717, 1.165) is 48.8 Å². The number of piperidine rings is 1. The molecule has 43 heavy (non-hydrogen) atoms. The van der Waals surface area contributed by atoms with Gasteiger partial charge in [-0.1, -0.05) is 18.2 Å². The molecule has 1 N–H and O–H groups in total. The number of carbonyl (C=O) groups excluding carboxylic acids is 2. The number of likely N-dealkylation sites (tertiary alicyclic amines) is 1. The van der Waals surface area contributed by atoms with Crippen LogP contribution in [0.15, 0.2) is 36.4 Å². The maximum absolute atomic E-state index is 12.3. The number of amides is 1. The van der Waals surface area contributed by atoms with Gasteiger partial charge in [0.2, 0.25) is 0 Å². The summed E-state index contributed by atoms with van der Waals surface area (Å²) >= 11 is 0. The summed E-state index contributed by atoms with van der Waals surface area (Å²) in [6, 6.07) is 12.1. The van der Waals surface area contributed by atoms with Crippen molar-refractivity contribution in [3.05, 3.63) is 58.7 Å². The van der Waals surface area contributed by atoms with Crippen molar-refractivity contribution >= 4 is 11.9 Å². The number of hydrogen-bond acceptors (Lipinski definition) is 8. The number of benzene rings is 2. The lowest BCUT2D eigenvalue weighted by molar-refractivity contribution is -0.154. The topological polar surface area (TPSA) is 95.6 Å². The number of rotatable bonds is 11. The monoisotopic (exact) mass is 590 g/mol. The quantitative estimate of drug-likeness (QED) is 0.398. The van der Waals surface area contributed by atoms with Crippen LogP contribution in [0.2, 0.25) is 0 Å². The summed E-state index contributed by atoms with van der Waals surface area (Å²) in [5.41, 5.74) is 4.23. The van der Waals surface area contributed by atoms with E-state index in [-0.39, 0.29) is 36.0 Å². The van der Waals surface area contributed by atoms with Crippen molar-refractivity contribution in [2.75, 3.05) is 47.6 Å². The van der Waals surface area contributed by atoms with E-state index >= 15 is 0 Å². The van der Waals surface area contributed by atoms with Crippen LogP contribution in [0.3, 0.4) is 0 Å². The molecule has 2 saturated carbocycles. The van der Waals surface area contributed by atoms with Crippen LogP contribution in [-0.4, -0.2) is 82.6 Å². The summed E-state index contributed by atoms with van der Waals surface area (Å²) in [6.45, 7) is 3.18. The fraction of sp³-hybridized carbons (Fsp3) is 0.588. The average Bonchev–Trinajstić information content (AvgIpc) is 3.78. The molecule has 0 radical (unpaired) electrons. The summed E-state index contributed by atoms with van der Waals surface area (Å²) in [4.78, 5) is 26.4. The molecule has 2 heterocycles. The lowest BCUT2D eigenvalue weighted by Gasteiger charge is -2.61. The highest BCUT2D eigenvalue weighted by molar-refractivity contribution is 5.95. The van der Waals surface area contributed by atoms with Crippen LogP contribution in [0.4, 0.5) is 0 Å².